The highest BCUT2D eigenvalue weighted by Crippen LogP contribution is 2.21. The highest BCUT2D eigenvalue weighted by molar-refractivity contribution is 5.85. The van der Waals surface area contributed by atoms with Crippen LogP contribution in [0.25, 0.3) is 0 Å². The van der Waals surface area contributed by atoms with Crippen LogP contribution in [-0.2, 0) is 0 Å². The highest BCUT2D eigenvalue weighted by atomic mass is 16.4. The van der Waals surface area contributed by atoms with Gasteiger partial charge in [0.25, 0.3) is 0 Å². The van der Waals surface area contributed by atoms with Crippen LogP contribution in [-0.4, -0.2) is 27.1 Å². The molecule has 1 aliphatic rings. The summed E-state index contributed by atoms with van der Waals surface area (Å²) in [4.78, 5) is 18.3. The first-order chi connectivity index (χ1) is 7.25. The maximum atomic E-state index is 10.7. The summed E-state index contributed by atoms with van der Waals surface area (Å²) in [6.07, 6.45) is 6.00. The summed E-state index contributed by atoms with van der Waals surface area (Å²) >= 11 is 0. The number of nitrogens with zero attached hydrogens (tertiary/aromatic N) is 2. The average Bonchev–Trinajstić information content (AvgIpc) is 2.71. The second-order valence-corrected chi connectivity index (χ2v) is 3.72. The Morgan fingerprint density at radius 3 is 2.80 bits per heavy atom. The molecule has 5 heteroatoms. The van der Waals surface area contributed by atoms with Gasteiger partial charge in [-0.05, 0) is 12.8 Å². The van der Waals surface area contributed by atoms with Gasteiger partial charge in [0.05, 0.1) is 0 Å². The zero-order valence-corrected chi connectivity index (χ0v) is 8.31. The molecule has 2 rings (SSSR count). The van der Waals surface area contributed by atoms with Crippen molar-refractivity contribution < 1.29 is 9.90 Å². The number of carboxylic acid groups (broad SMARTS) is 1. The molecule has 1 aromatic heterocycles. The van der Waals surface area contributed by atoms with E-state index in [0.29, 0.717) is 11.9 Å². The normalized spacial score (nSPS) is 16.5. The molecule has 1 saturated carbocycles. The molecule has 0 bridgehead atoms. The molecule has 0 atom stereocenters. The van der Waals surface area contributed by atoms with Gasteiger partial charge < -0.3 is 10.4 Å². The van der Waals surface area contributed by atoms with Crippen LogP contribution in [0.3, 0.4) is 0 Å². The van der Waals surface area contributed by atoms with Gasteiger partial charge in [-0.15, -0.1) is 0 Å². The van der Waals surface area contributed by atoms with E-state index in [1.165, 1.54) is 25.2 Å². The lowest BCUT2D eigenvalue weighted by Crippen LogP contribution is -2.16. The van der Waals surface area contributed by atoms with Crippen molar-refractivity contribution in [1.29, 1.82) is 0 Å². The van der Waals surface area contributed by atoms with Gasteiger partial charge in [0.2, 0.25) is 0 Å². The van der Waals surface area contributed by atoms with E-state index in [1.807, 2.05) is 0 Å². The van der Waals surface area contributed by atoms with Gasteiger partial charge in [-0.25, -0.2) is 14.8 Å². The van der Waals surface area contributed by atoms with E-state index in [1.54, 1.807) is 0 Å². The zero-order chi connectivity index (χ0) is 10.7. The number of carboxylic acids is 1. The lowest BCUT2D eigenvalue weighted by atomic mass is 10.2. The fraction of sp³-hybridized carbons (Fsp3) is 0.500. The minimum Gasteiger partial charge on any atom is -0.477 e. The van der Waals surface area contributed by atoms with Gasteiger partial charge >= 0.3 is 5.97 Å². The topological polar surface area (TPSA) is 75.1 Å². The Morgan fingerprint density at radius 1 is 1.40 bits per heavy atom. The number of carbonyl (C=O) groups is 1. The van der Waals surface area contributed by atoms with E-state index in [0.717, 1.165) is 12.8 Å². The van der Waals surface area contributed by atoms with E-state index >= 15 is 0 Å². The predicted molar refractivity (Wildman–Crippen MR) is 54.9 cm³/mol. The molecular weight excluding hydrogens is 194 g/mol. The van der Waals surface area contributed by atoms with Crippen molar-refractivity contribution in [3.05, 3.63) is 18.1 Å². The van der Waals surface area contributed by atoms with Crippen LogP contribution >= 0.6 is 0 Å². The van der Waals surface area contributed by atoms with Crippen molar-refractivity contribution in [3.8, 4) is 0 Å². The van der Waals surface area contributed by atoms with E-state index < -0.39 is 5.97 Å². The largest absolute Gasteiger partial charge is 0.477 e. The molecule has 0 saturated heterocycles. The fourth-order valence-corrected chi connectivity index (χ4v) is 1.83. The van der Waals surface area contributed by atoms with Crippen LogP contribution in [0.15, 0.2) is 12.4 Å². The van der Waals surface area contributed by atoms with Crippen LogP contribution in [0.4, 0.5) is 5.82 Å². The summed E-state index contributed by atoms with van der Waals surface area (Å²) in [5.41, 5.74) is 0.0329. The summed E-state index contributed by atoms with van der Waals surface area (Å²) in [6, 6.07) is 1.90. The monoisotopic (exact) mass is 207 g/mol. The van der Waals surface area contributed by atoms with Crippen molar-refractivity contribution in [2.45, 2.75) is 31.7 Å². The van der Waals surface area contributed by atoms with Crippen molar-refractivity contribution in [2.75, 3.05) is 5.32 Å². The molecule has 0 aromatic carbocycles. The van der Waals surface area contributed by atoms with E-state index in [9.17, 15) is 4.79 Å². The van der Waals surface area contributed by atoms with Crippen LogP contribution in [0.5, 0.6) is 0 Å². The lowest BCUT2D eigenvalue weighted by Gasteiger charge is -2.11. The molecule has 2 N–H and O–H groups in total. The molecule has 1 aromatic rings. The number of hydrogen-bond acceptors (Lipinski definition) is 4. The van der Waals surface area contributed by atoms with E-state index in [-0.39, 0.29) is 5.69 Å². The number of hydrogen-bond donors (Lipinski definition) is 2. The van der Waals surface area contributed by atoms with Crippen LogP contribution in [0.2, 0.25) is 0 Å². The average molecular weight is 207 g/mol. The minimum absolute atomic E-state index is 0.0329. The molecule has 0 radical (unpaired) electrons. The Balaban J connectivity index is 2.07. The lowest BCUT2D eigenvalue weighted by molar-refractivity contribution is 0.0690. The van der Waals surface area contributed by atoms with E-state index in [2.05, 4.69) is 15.3 Å². The molecule has 1 heterocycles. The molecule has 0 aliphatic heterocycles. The summed E-state index contributed by atoms with van der Waals surface area (Å²) in [5.74, 6) is -0.416. The molecule has 80 valence electrons. The number of anilines is 1. The summed E-state index contributed by atoms with van der Waals surface area (Å²) < 4.78 is 0. The third kappa shape index (κ3) is 2.43. The van der Waals surface area contributed by atoms with Gasteiger partial charge in [0.1, 0.15) is 12.1 Å². The number of aromatic nitrogens is 2. The first kappa shape index (κ1) is 9.89. The molecular formula is C10H13N3O2. The number of nitrogens with one attached hydrogen (secondary N) is 1. The minimum atomic E-state index is -1.02. The van der Waals surface area contributed by atoms with Gasteiger partial charge in [0, 0.05) is 12.1 Å². The quantitative estimate of drug-likeness (QED) is 0.786. The molecule has 1 fully saturated rings. The smallest absolute Gasteiger partial charge is 0.354 e. The molecule has 0 unspecified atom stereocenters. The molecule has 0 amide bonds. The molecule has 1 aliphatic carbocycles. The standard InChI is InChI=1S/C10H13N3O2/c14-10(15)8-5-9(12-6-11-8)13-7-3-1-2-4-7/h5-7H,1-4H2,(H,14,15)(H,11,12,13). The second kappa shape index (κ2) is 4.25. The van der Waals surface area contributed by atoms with Crippen molar-refractivity contribution in [3.63, 3.8) is 0 Å². The first-order valence-electron chi connectivity index (χ1n) is 5.07. The Hall–Kier alpha value is -1.65. The third-order valence-corrected chi connectivity index (χ3v) is 2.59. The summed E-state index contributed by atoms with van der Waals surface area (Å²) in [6.45, 7) is 0. The first-order valence-corrected chi connectivity index (χ1v) is 5.07. The predicted octanol–water partition coefficient (Wildman–Crippen LogP) is 1.53. The Morgan fingerprint density at radius 2 is 2.13 bits per heavy atom. The SMILES string of the molecule is O=C(O)c1cc(NC2CCCC2)ncn1. The van der Waals surface area contributed by atoms with Crippen molar-refractivity contribution in [2.24, 2.45) is 0 Å². The molecule has 0 spiro atoms. The van der Waals surface area contributed by atoms with Gasteiger partial charge in [-0.3, -0.25) is 0 Å². The maximum Gasteiger partial charge on any atom is 0.354 e. The van der Waals surface area contributed by atoms with E-state index in [4.69, 9.17) is 5.11 Å². The Bertz CT molecular complexity index is 361. The van der Waals surface area contributed by atoms with Crippen molar-refractivity contribution >= 4 is 11.8 Å². The van der Waals surface area contributed by atoms with Crippen LogP contribution in [0.1, 0.15) is 36.2 Å². The van der Waals surface area contributed by atoms with Gasteiger partial charge in [-0.2, -0.15) is 0 Å². The van der Waals surface area contributed by atoms with Crippen LogP contribution < -0.4 is 5.32 Å². The maximum absolute atomic E-state index is 10.7. The van der Waals surface area contributed by atoms with Crippen molar-refractivity contribution in [1.82, 2.24) is 9.97 Å². The number of aromatic carboxylic acids is 1. The molecule has 5 nitrogen and oxygen atoms in total. The Kier molecular flexibility index (Phi) is 2.80. The fourth-order valence-electron chi connectivity index (χ4n) is 1.83. The summed E-state index contributed by atoms with van der Waals surface area (Å²) in [7, 11) is 0. The third-order valence-electron chi connectivity index (χ3n) is 2.59. The van der Waals surface area contributed by atoms with Crippen LogP contribution in [0, 0.1) is 0 Å². The highest BCUT2D eigenvalue weighted by Gasteiger charge is 2.15. The van der Waals surface area contributed by atoms with Gasteiger partial charge in [-0.1, -0.05) is 12.8 Å². The number of rotatable bonds is 3. The molecule has 15 heavy (non-hydrogen) atoms. The summed E-state index contributed by atoms with van der Waals surface area (Å²) in [5, 5.41) is 12.0. The zero-order valence-electron chi connectivity index (χ0n) is 8.31. The Labute approximate surface area is 87.6 Å². The van der Waals surface area contributed by atoms with Gasteiger partial charge in [0.15, 0.2) is 5.69 Å². The second-order valence-electron chi connectivity index (χ2n) is 3.72.